The smallest absolute Gasteiger partial charge is 0.309 e. The van der Waals surface area contributed by atoms with Gasteiger partial charge in [0, 0.05) is 13.1 Å². The van der Waals surface area contributed by atoms with Crippen molar-refractivity contribution in [1.29, 1.82) is 0 Å². The van der Waals surface area contributed by atoms with E-state index in [-0.39, 0.29) is 11.4 Å². The van der Waals surface area contributed by atoms with Crippen LogP contribution in [0, 0.1) is 6.92 Å². The fraction of sp³-hybridized carbons (Fsp3) is 0.556. The van der Waals surface area contributed by atoms with Crippen LogP contribution in [0.1, 0.15) is 31.7 Å². The lowest BCUT2D eigenvalue weighted by Gasteiger charge is -2.34. The van der Waals surface area contributed by atoms with E-state index in [0.29, 0.717) is 26.1 Å². The van der Waals surface area contributed by atoms with Crippen molar-refractivity contribution in [2.75, 3.05) is 26.2 Å². The molecule has 1 fully saturated rings. The molecule has 2 amide bonds. The summed E-state index contributed by atoms with van der Waals surface area (Å²) in [5.74, 6) is -1.53. The molecular formula is C18H27N3O5S. The van der Waals surface area contributed by atoms with Gasteiger partial charge < -0.3 is 15.4 Å². The van der Waals surface area contributed by atoms with Crippen LogP contribution < -0.4 is 10.6 Å². The standard InChI is InChI=1S/C18H27N3O5S/c1-3-4-10-19-17(22)18(23)20-13-16-21(11-5-12-26-16)27(24,25)15-8-6-14(2)7-9-15/h6-9,16H,3-5,10-13H2,1-2H3,(H,19,22)(H,20,23)/t16-/m1/s1. The van der Waals surface area contributed by atoms with Gasteiger partial charge in [-0.05, 0) is 31.9 Å². The van der Waals surface area contributed by atoms with Crippen molar-refractivity contribution in [1.82, 2.24) is 14.9 Å². The number of unbranched alkanes of at least 4 members (excludes halogenated alkanes) is 1. The molecule has 0 aromatic heterocycles. The zero-order valence-corrected chi connectivity index (χ0v) is 16.5. The van der Waals surface area contributed by atoms with Gasteiger partial charge in [-0.15, -0.1) is 0 Å². The maximum Gasteiger partial charge on any atom is 0.309 e. The van der Waals surface area contributed by atoms with Crippen molar-refractivity contribution < 1.29 is 22.7 Å². The van der Waals surface area contributed by atoms with Crippen LogP contribution in [-0.4, -0.2) is 57.0 Å². The van der Waals surface area contributed by atoms with Gasteiger partial charge in [0.1, 0.15) is 6.23 Å². The van der Waals surface area contributed by atoms with Gasteiger partial charge in [0.15, 0.2) is 0 Å². The molecule has 0 unspecified atom stereocenters. The molecule has 1 heterocycles. The fourth-order valence-corrected chi connectivity index (χ4v) is 4.23. The second-order valence-corrected chi connectivity index (χ2v) is 8.32. The normalized spacial score (nSPS) is 18.1. The highest BCUT2D eigenvalue weighted by Gasteiger charge is 2.34. The van der Waals surface area contributed by atoms with Crippen LogP contribution in [0.5, 0.6) is 0 Å². The van der Waals surface area contributed by atoms with E-state index < -0.39 is 28.1 Å². The summed E-state index contributed by atoms with van der Waals surface area (Å²) in [6.45, 7) is 4.88. The molecule has 1 aromatic rings. The average molecular weight is 397 g/mol. The molecule has 1 atom stereocenters. The zero-order chi connectivity index (χ0) is 19.9. The molecule has 150 valence electrons. The molecule has 0 saturated carbocycles. The Bertz CT molecular complexity index is 749. The first-order valence-electron chi connectivity index (χ1n) is 9.12. The summed E-state index contributed by atoms with van der Waals surface area (Å²) in [5.41, 5.74) is 0.960. The lowest BCUT2D eigenvalue weighted by atomic mass is 10.2. The third-order valence-electron chi connectivity index (χ3n) is 4.24. The lowest BCUT2D eigenvalue weighted by molar-refractivity contribution is -0.140. The number of carbonyl (C=O) groups excluding carboxylic acids is 2. The van der Waals surface area contributed by atoms with Crippen molar-refractivity contribution in [2.24, 2.45) is 0 Å². The minimum Gasteiger partial charge on any atom is -0.360 e. The van der Waals surface area contributed by atoms with Gasteiger partial charge in [0.25, 0.3) is 0 Å². The van der Waals surface area contributed by atoms with Crippen LogP contribution in [0.4, 0.5) is 0 Å². The Morgan fingerprint density at radius 2 is 1.85 bits per heavy atom. The molecule has 1 aliphatic heterocycles. The Labute approximate surface area is 160 Å². The minimum absolute atomic E-state index is 0.0921. The molecule has 0 aliphatic carbocycles. The molecule has 1 aliphatic rings. The van der Waals surface area contributed by atoms with Gasteiger partial charge in [-0.3, -0.25) is 9.59 Å². The van der Waals surface area contributed by atoms with E-state index in [1.54, 1.807) is 24.3 Å². The highest BCUT2D eigenvalue weighted by Crippen LogP contribution is 2.22. The van der Waals surface area contributed by atoms with Crippen molar-refractivity contribution >= 4 is 21.8 Å². The largest absolute Gasteiger partial charge is 0.360 e. The van der Waals surface area contributed by atoms with Gasteiger partial charge in [0.05, 0.1) is 18.0 Å². The number of nitrogens with one attached hydrogen (secondary N) is 2. The number of carbonyl (C=O) groups is 2. The Morgan fingerprint density at radius 3 is 2.52 bits per heavy atom. The summed E-state index contributed by atoms with van der Waals surface area (Å²) in [4.78, 5) is 23.8. The van der Waals surface area contributed by atoms with E-state index in [2.05, 4.69) is 10.6 Å². The Morgan fingerprint density at radius 1 is 1.19 bits per heavy atom. The maximum absolute atomic E-state index is 12.9. The molecular weight excluding hydrogens is 370 g/mol. The number of rotatable bonds is 7. The first-order chi connectivity index (χ1) is 12.9. The predicted octanol–water partition coefficient (Wildman–Crippen LogP) is 0.765. The molecule has 8 nitrogen and oxygen atoms in total. The third kappa shape index (κ3) is 5.75. The molecule has 0 spiro atoms. The summed E-state index contributed by atoms with van der Waals surface area (Å²) in [6.07, 6.45) is 1.40. The van der Waals surface area contributed by atoms with Gasteiger partial charge in [-0.25, -0.2) is 8.42 Å². The highest BCUT2D eigenvalue weighted by atomic mass is 32.2. The fourth-order valence-electron chi connectivity index (χ4n) is 2.67. The van der Waals surface area contributed by atoms with Crippen molar-refractivity contribution in [2.45, 2.75) is 44.2 Å². The minimum atomic E-state index is -3.76. The first kappa shape index (κ1) is 21.3. The molecule has 27 heavy (non-hydrogen) atoms. The number of aryl methyl sites for hydroxylation is 1. The monoisotopic (exact) mass is 397 g/mol. The van der Waals surface area contributed by atoms with Crippen LogP contribution in [0.25, 0.3) is 0 Å². The molecule has 1 saturated heterocycles. The van der Waals surface area contributed by atoms with E-state index >= 15 is 0 Å². The van der Waals surface area contributed by atoms with Crippen molar-refractivity contribution in [3.8, 4) is 0 Å². The Hall–Kier alpha value is -1.97. The van der Waals surface area contributed by atoms with Crippen LogP contribution in [0.2, 0.25) is 0 Å². The van der Waals surface area contributed by atoms with Crippen LogP contribution in [-0.2, 0) is 24.3 Å². The molecule has 1 aromatic carbocycles. The Balaban J connectivity index is 2.01. The highest BCUT2D eigenvalue weighted by molar-refractivity contribution is 7.89. The van der Waals surface area contributed by atoms with E-state index in [9.17, 15) is 18.0 Å². The summed E-state index contributed by atoms with van der Waals surface area (Å²) in [5, 5.41) is 4.98. The lowest BCUT2D eigenvalue weighted by Crippen LogP contribution is -2.53. The second-order valence-electron chi connectivity index (χ2n) is 6.43. The quantitative estimate of drug-likeness (QED) is 0.522. The number of benzene rings is 1. The maximum atomic E-state index is 12.9. The van der Waals surface area contributed by atoms with Crippen LogP contribution >= 0.6 is 0 Å². The summed E-state index contributed by atoms with van der Waals surface area (Å²) in [6, 6.07) is 6.57. The first-order valence-corrected chi connectivity index (χ1v) is 10.6. The number of ether oxygens (including phenoxy) is 1. The number of nitrogens with zero attached hydrogens (tertiary/aromatic N) is 1. The van der Waals surface area contributed by atoms with Crippen molar-refractivity contribution in [3.63, 3.8) is 0 Å². The van der Waals surface area contributed by atoms with E-state index in [0.717, 1.165) is 18.4 Å². The topological polar surface area (TPSA) is 105 Å². The zero-order valence-electron chi connectivity index (χ0n) is 15.7. The molecule has 0 bridgehead atoms. The Kier molecular flexibility index (Phi) is 7.76. The van der Waals surface area contributed by atoms with Gasteiger partial charge in [0.2, 0.25) is 10.0 Å². The van der Waals surface area contributed by atoms with E-state index in [1.165, 1.54) is 4.31 Å². The van der Waals surface area contributed by atoms with Crippen LogP contribution in [0.3, 0.4) is 0 Å². The van der Waals surface area contributed by atoms with Crippen molar-refractivity contribution in [3.05, 3.63) is 29.8 Å². The number of hydrogen-bond acceptors (Lipinski definition) is 5. The van der Waals surface area contributed by atoms with Gasteiger partial charge in [-0.1, -0.05) is 31.0 Å². The molecule has 2 rings (SSSR count). The predicted molar refractivity (Wildman–Crippen MR) is 100 cm³/mol. The molecule has 0 radical (unpaired) electrons. The molecule has 9 heteroatoms. The van der Waals surface area contributed by atoms with Gasteiger partial charge >= 0.3 is 11.8 Å². The average Bonchev–Trinajstić information content (AvgIpc) is 2.66. The number of hydrogen-bond donors (Lipinski definition) is 2. The van der Waals surface area contributed by atoms with Gasteiger partial charge in [-0.2, -0.15) is 4.31 Å². The molecule has 2 N–H and O–H groups in total. The number of amides is 2. The van der Waals surface area contributed by atoms with E-state index in [4.69, 9.17) is 4.74 Å². The summed E-state index contributed by atoms with van der Waals surface area (Å²) >= 11 is 0. The second kappa shape index (κ2) is 9.82. The summed E-state index contributed by atoms with van der Waals surface area (Å²) < 4.78 is 32.6. The summed E-state index contributed by atoms with van der Waals surface area (Å²) in [7, 11) is -3.76. The number of sulfonamides is 1. The van der Waals surface area contributed by atoms with Crippen LogP contribution in [0.15, 0.2) is 29.2 Å². The third-order valence-corrected chi connectivity index (χ3v) is 6.14. The SMILES string of the molecule is CCCCNC(=O)C(=O)NC[C@H]1OCCCN1S(=O)(=O)c1ccc(C)cc1. The van der Waals surface area contributed by atoms with E-state index in [1.807, 2.05) is 13.8 Å².